The molecule has 0 amide bonds. The third-order valence-electron chi connectivity index (χ3n) is 5.88. The normalized spacial score (nSPS) is 19.9. The molecule has 144 valence electrons. The molecule has 0 spiro atoms. The minimum absolute atomic E-state index is 0.812. The van der Waals surface area contributed by atoms with E-state index in [-0.39, 0.29) is 0 Å². The fourth-order valence-electron chi connectivity index (χ4n) is 4.30. The van der Waals surface area contributed by atoms with Crippen molar-refractivity contribution in [3.05, 3.63) is 35.9 Å². The van der Waals surface area contributed by atoms with Crippen LogP contribution in [0.4, 0.5) is 0 Å². The molecule has 0 atom stereocenters. The number of nitrogens with one attached hydrogen (secondary N) is 1. The van der Waals surface area contributed by atoms with Gasteiger partial charge in [-0.2, -0.15) is 0 Å². The van der Waals surface area contributed by atoms with Crippen molar-refractivity contribution in [2.24, 2.45) is 10.9 Å². The molecule has 1 aromatic rings. The molecule has 4 heteroatoms. The summed E-state index contributed by atoms with van der Waals surface area (Å²) in [5.74, 6) is 1.91. The highest BCUT2D eigenvalue weighted by Gasteiger charge is 2.21. The van der Waals surface area contributed by atoms with Crippen molar-refractivity contribution >= 4 is 5.96 Å². The molecular formula is C22H36N4. The molecule has 2 heterocycles. The predicted octanol–water partition coefficient (Wildman–Crippen LogP) is 3.39. The Labute approximate surface area is 159 Å². The summed E-state index contributed by atoms with van der Waals surface area (Å²) >= 11 is 0. The minimum Gasteiger partial charge on any atom is -0.356 e. The SMILES string of the molecule is CN=C(NCCCCN1CCCC1)N1CCC(Cc2ccccc2)CC1. The highest BCUT2D eigenvalue weighted by atomic mass is 15.3. The fraction of sp³-hybridized carbons (Fsp3) is 0.682. The summed E-state index contributed by atoms with van der Waals surface area (Å²) in [4.78, 5) is 9.57. The van der Waals surface area contributed by atoms with Gasteiger partial charge in [0.1, 0.15) is 0 Å². The molecule has 0 radical (unpaired) electrons. The zero-order chi connectivity index (χ0) is 18.0. The molecule has 1 aromatic carbocycles. The lowest BCUT2D eigenvalue weighted by Crippen LogP contribution is -2.46. The van der Waals surface area contributed by atoms with E-state index in [0.29, 0.717) is 0 Å². The molecular weight excluding hydrogens is 320 g/mol. The highest BCUT2D eigenvalue weighted by molar-refractivity contribution is 5.79. The Morgan fingerprint density at radius 2 is 1.77 bits per heavy atom. The Kier molecular flexibility index (Phi) is 7.81. The molecule has 0 bridgehead atoms. The van der Waals surface area contributed by atoms with E-state index in [0.717, 1.165) is 31.5 Å². The summed E-state index contributed by atoms with van der Waals surface area (Å²) < 4.78 is 0. The number of nitrogens with zero attached hydrogens (tertiary/aromatic N) is 3. The van der Waals surface area contributed by atoms with Crippen molar-refractivity contribution in [1.29, 1.82) is 0 Å². The van der Waals surface area contributed by atoms with Gasteiger partial charge in [0.05, 0.1) is 0 Å². The van der Waals surface area contributed by atoms with Gasteiger partial charge in [0.2, 0.25) is 0 Å². The van der Waals surface area contributed by atoms with E-state index < -0.39 is 0 Å². The molecule has 0 aliphatic carbocycles. The molecule has 0 saturated carbocycles. The Morgan fingerprint density at radius 3 is 2.46 bits per heavy atom. The molecule has 0 aromatic heterocycles. The lowest BCUT2D eigenvalue weighted by molar-refractivity contribution is 0.258. The van der Waals surface area contributed by atoms with Gasteiger partial charge in [-0.1, -0.05) is 30.3 Å². The van der Waals surface area contributed by atoms with Gasteiger partial charge in [0.15, 0.2) is 5.96 Å². The zero-order valence-corrected chi connectivity index (χ0v) is 16.5. The molecule has 2 saturated heterocycles. The molecule has 2 aliphatic rings. The zero-order valence-electron chi connectivity index (χ0n) is 16.5. The lowest BCUT2D eigenvalue weighted by Gasteiger charge is -2.34. The maximum Gasteiger partial charge on any atom is 0.193 e. The van der Waals surface area contributed by atoms with Crippen molar-refractivity contribution in [2.75, 3.05) is 46.3 Å². The van der Waals surface area contributed by atoms with Crippen LogP contribution >= 0.6 is 0 Å². The van der Waals surface area contributed by atoms with Crippen LogP contribution in [0.2, 0.25) is 0 Å². The van der Waals surface area contributed by atoms with E-state index in [1.807, 2.05) is 7.05 Å². The second-order valence-electron chi connectivity index (χ2n) is 7.85. The van der Waals surface area contributed by atoms with Crippen LogP contribution in [0.5, 0.6) is 0 Å². The van der Waals surface area contributed by atoms with E-state index in [1.165, 1.54) is 70.1 Å². The molecule has 0 unspecified atom stereocenters. The molecule has 2 aliphatic heterocycles. The van der Waals surface area contributed by atoms with Crippen LogP contribution in [0.1, 0.15) is 44.1 Å². The molecule has 1 N–H and O–H groups in total. The van der Waals surface area contributed by atoms with Gasteiger partial charge >= 0.3 is 0 Å². The van der Waals surface area contributed by atoms with E-state index in [1.54, 1.807) is 0 Å². The molecule has 26 heavy (non-hydrogen) atoms. The predicted molar refractivity (Wildman–Crippen MR) is 111 cm³/mol. The van der Waals surface area contributed by atoms with E-state index in [9.17, 15) is 0 Å². The number of aliphatic imine (C=N–C) groups is 1. The first-order valence-corrected chi connectivity index (χ1v) is 10.6. The van der Waals surface area contributed by atoms with Gasteiger partial charge < -0.3 is 15.1 Å². The van der Waals surface area contributed by atoms with Crippen LogP contribution in [-0.4, -0.2) is 62.1 Å². The second kappa shape index (κ2) is 10.6. The topological polar surface area (TPSA) is 30.9 Å². The number of unbranched alkanes of at least 4 members (excludes halogenated alkanes) is 1. The largest absolute Gasteiger partial charge is 0.356 e. The number of guanidine groups is 1. The van der Waals surface area contributed by atoms with Crippen molar-refractivity contribution < 1.29 is 0 Å². The highest BCUT2D eigenvalue weighted by Crippen LogP contribution is 2.21. The monoisotopic (exact) mass is 356 g/mol. The van der Waals surface area contributed by atoms with Crippen LogP contribution in [0.3, 0.4) is 0 Å². The van der Waals surface area contributed by atoms with Gasteiger partial charge in [0.25, 0.3) is 0 Å². The van der Waals surface area contributed by atoms with Crippen LogP contribution in [0.15, 0.2) is 35.3 Å². The number of likely N-dealkylation sites (tertiary alicyclic amines) is 2. The maximum atomic E-state index is 4.52. The first-order valence-electron chi connectivity index (χ1n) is 10.6. The van der Waals surface area contributed by atoms with Gasteiger partial charge in [0, 0.05) is 26.7 Å². The summed E-state index contributed by atoms with van der Waals surface area (Å²) in [6, 6.07) is 10.9. The summed E-state index contributed by atoms with van der Waals surface area (Å²) in [5, 5.41) is 3.59. The number of piperidine rings is 1. The maximum absolute atomic E-state index is 4.52. The average Bonchev–Trinajstić information content (AvgIpc) is 3.20. The number of hydrogen-bond donors (Lipinski definition) is 1. The fourth-order valence-corrected chi connectivity index (χ4v) is 4.30. The molecule has 2 fully saturated rings. The lowest BCUT2D eigenvalue weighted by atomic mass is 9.90. The number of rotatable bonds is 7. The van der Waals surface area contributed by atoms with Crippen molar-refractivity contribution in [3.63, 3.8) is 0 Å². The molecule has 3 rings (SSSR count). The smallest absolute Gasteiger partial charge is 0.193 e. The van der Waals surface area contributed by atoms with Gasteiger partial charge in [-0.3, -0.25) is 4.99 Å². The second-order valence-corrected chi connectivity index (χ2v) is 7.85. The van der Waals surface area contributed by atoms with Crippen molar-refractivity contribution in [1.82, 2.24) is 15.1 Å². The summed E-state index contributed by atoms with van der Waals surface area (Å²) in [6.07, 6.45) is 9.08. The summed E-state index contributed by atoms with van der Waals surface area (Å²) in [6.45, 7) is 7.20. The van der Waals surface area contributed by atoms with Crippen molar-refractivity contribution in [3.8, 4) is 0 Å². The quantitative estimate of drug-likeness (QED) is 0.461. The third kappa shape index (κ3) is 6.01. The Morgan fingerprint density at radius 1 is 1.04 bits per heavy atom. The van der Waals surface area contributed by atoms with Gasteiger partial charge in [-0.25, -0.2) is 0 Å². The van der Waals surface area contributed by atoms with Gasteiger partial charge in [-0.15, -0.1) is 0 Å². The van der Waals surface area contributed by atoms with Gasteiger partial charge in [-0.05, 0) is 76.1 Å². The Balaban J connectivity index is 1.31. The summed E-state index contributed by atoms with van der Waals surface area (Å²) in [7, 11) is 1.92. The standard InChI is InChI=1S/C22H36N4/c1-23-22(24-13-5-6-14-25-15-7-8-16-25)26-17-11-21(12-18-26)19-20-9-3-2-4-10-20/h2-4,9-10,21H,5-8,11-19H2,1H3,(H,23,24). The summed E-state index contributed by atoms with van der Waals surface area (Å²) in [5.41, 5.74) is 1.48. The van der Waals surface area contributed by atoms with Crippen LogP contribution in [0.25, 0.3) is 0 Å². The Bertz CT molecular complexity index is 528. The van der Waals surface area contributed by atoms with E-state index in [4.69, 9.17) is 0 Å². The van der Waals surface area contributed by atoms with Crippen molar-refractivity contribution in [2.45, 2.75) is 44.9 Å². The molecule has 4 nitrogen and oxygen atoms in total. The minimum atomic E-state index is 0.812. The van der Waals surface area contributed by atoms with E-state index in [2.05, 4.69) is 50.4 Å². The average molecular weight is 357 g/mol. The first kappa shape index (κ1) is 19.2. The third-order valence-corrected chi connectivity index (χ3v) is 5.88. The first-order chi connectivity index (χ1) is 12.8. The Hall–Kier alpha value is -1.55. The number of hydrogen-bond acceptors (Lipinski definition) is 2. The van der Waals surface area contributed by atoms with Crippen LogP contribution in [0, 0.1) is 5.92 Å². The van der Waals surface area contributed by atoms with E-state index >= 15 is 0 Å². The number of benzene rings is 1. The van der Waals surface area contributed by atoms with Crippen LogP contribution < -0.4 is 5.32 Å². The van der Waals surface area contributed by atoms with Crippen LogP contribution in [-0.2, 0) is 6.42 Å².